The SMILES string of the molecule is O=P1(O)CC2CCCCC2C1. The molecule has 0 aromatic carbocycles. The second-order valence-electron chi connectivity index (χ2n) is 4.02. The van der Waals surface area contributed by atoms with Gasteiger partial charge in [0.15, 0.2) is 0 Å². The van der Waals surface area contributed by atoms with Crippen LogP contribution < -0.4 is 0 Å². The Morgan fingerprint density at radius 3 is 2.00 bits per heavy atom. The van der Waals surface area contributed by atoms with Crippen molar-refractivity contribution in [1.29, 1.82) is 0 Å². The van der Waals surface area contributed by atoms with Crippen LogP contribution in [0.1, 0.15) is 25.7 Å². The first kappa shape index (κ1) is 7.82. The van der Waals surface area contributed by atoms with Crippen molar-refractivity contribution in [2.45, 2.75) is 25.7 Å². The molecular formula is C8H15O2P. The van der Waals surface area contributed by atoms with Crippen LogP contribution in [0.25, 0.3) is 0 Å². The Labute approximate surface area is 67.5 Å². The summed E-state index contributed by atoms with van der Waals surface area (Å²) in [6.45, 7) is 0. The Morgan fingerprint density at radius 1 is 1.09 bits per heavy atom. The van der Waals surface area contributed by atoms with E-state index in [4.69, 9.17) is 0 Å². The van der Waals surface area contributed by atoms with Gasteiger partial charge in [0.05, 0.1) is 0 Å². The second-order valence-corrected chi connectivity index (χ2v) is 6.44. The van der Waals surface area contributed by atoms with Crippen molar-refractivity contribution in [3.63, 3.8) is 0 Å². The van der Waals surface area contributed by atoms with Gasteiger partial charge in [-0.25, -0.2) is 0 Å². The number of fused-ring (bicyclic) bond motifs is 1. The fourth-order valence-electron chi connectivity index (χ4n) is 2.57. The summed E-state index contributed by atoms with van der Waals surface area (Å²) in [7, 11) is -2.65. The van der Waals surface area contributed by atoms with E-state index in [9.17, 15) is 9.46 Å². The van der Waals surface area contributed by atoms with E-state index in [1.165, 1.54) is 25.7 Å². The van der Waals surface area contributed by atoms with Crippen molar-refractivity contribution in [2.75, 3.05) is 12.3 Å². The average Bonchev–Trinajstić information content (AvgIpc) is 2.21. The zero-order chi connectivity index (χ0) is 7.90. The van der Waals surface area contributed by atoms with Crippen molar-refractivity contribution in [3.05, 3.63) is 0 Å². The van der Waals surface area contributed by atoms with Crippen LogP contribution in [0, 0.1) is 11.8 Å². The van der Waals surface area contributed by atoms with E-state index in [1.807, 2.05) is 0 Å². The van der Waals surface area contributed by atoms with Crippen LogP contribution in [0.4, 0.5) is 0 Å². The molecule has 2 nitrogen and oxygen atoms in total. The maximum absolute atomic E-state index is 11.3. The largest absolute Gasteiger partial charge is 0.344 e. The van der Waals surface area contributed by atoms with Crippen molar-refractivity contribution in [2.24, 2.45) is 11.8 Å². The number of hydrogen-bond donors (Lipinski definition) is 1. The average molecular weight is 174 g/mol. The highest BCUT2D eigenvalue weighted by molar-refractivity contribution is 7.58. The van der Waals surface area contributed by atoms with Crippen LogP contribution in [0.2, 0.25) is 0 Å². The molecule has 2 fully saturated rings. The van der Waals surface area contributed by atoms with Gasteiger partial charge in [0, 0.05) is 12.3 Å². The molecule has 1 N–H and O–H groups in total. The molecule has 2 rings (SSSR count). The number of hydrogen-bond acceptors (Lipinski definition) is 1. The van der Waals surface area contributed by atoms with Gasteiger partial charge >= 0.3 is 0 Å². The van der Waals surface area contributed by atoms with E-state index in [0.29, 0.717) is 24.2 Å². The van der Waals surface area contributed by atoms with E-state index in [-0.39, 0.29) is 0 Å². The highest BCUT2D eigenvalue weighted by Crippen LogP contribution is 2.56. The third-order valence-electron chi connectivity index (χ3n) is 3.11. The first-order valence-electron chi connectivity index (χ1n) is 4.48. The zero-order valence-electron chi connectivity index (χ0n) is 6.70. The molecule has 2 atom stereocenters. The van der Waals surface area contributed by atoms with Gasteiger partial charge in [0.2, 0.25) is 7.37 Å². The summed E-state index contributed by atoms with van der Waals surface area (Å²) in [5.41, 5.74) is 0. The number of rotatable bonds is 0. The van der Waals surface area contributed by atoms with Crippen molar-refractivity contribution >= 4 is 7.37 Å². The predicted octanol–water partition coefficient (Wildman–Crippen LogP) is 2.08. The quantitative estimate of drug-likeness (QED) is 0.571. The molecule has 0 spiro atoms. The molecule has 0 radical (unpaired) electrons. The molecule has 0 amide bonds. The Kier molecular flexibility index (Phi) is 1.85. The molecule has 1 saturated carbocycles. The van der Waals surface area contributed by atoms with Gasteiger partial charge in [-0.2, -0.15) is 0 Å². The Balaban J connectivity index is 2.09. The first-order chi connectivity index (χ1) is 5.17. The van der Waals surface area contributed by atoms with Crippen LogP contribution in [0.15, 0.2) is 0 Å². The molecule has 1 aliphatic heterocycles. The fraction of sp³-hybridized carbons (Fsp3) is 1.00. The third-order valence-corrected chi connectivity index (χ3v) is 5.19. The fourth-order valence-corrected chi connectivity index (χ4v) is 5.15. The molecule has 3 heteroatoms. The molecule has 1 saturated heterocycles. The molecule has 2 aliphatic rings. The van der Waals surface area contributed by atoms with Crippen LogP contribution in [-0.2, 0) is 4.57 Å². The van der Waals surface area contributed by atoms with Gasteiger partial charge in [-0.3, -0.25) is 4.57 Å². The van der Waals surface area contributed by atoms with E-state index in [2.05, 4.69) is 0 Å². The lowest BCUT2D eigenvalue weighted by molar-refractivity contribution is 0.299. The summed E-state index contributed by atoms with van der Waals surface area (Å²) in [5, 5.41) is 0. The van der Waals surface area contributed by atoms with Gasteiger partial charge in [-0.15, -0.1) is 0 Å². The minimum absolute atomic E-state index is 0.597. The lowest BCUT2D eigenvalue weighted by atomic mass is 9.82. The van der Waals surface area contributed by atoms with Crippen LogP contribution in [0.3, 0.4) is 0 Å². The Hall–Kier alpha value is 0.190. The van der Waals surface area contributed by atoms with Gasteiger partial charge in [0.25, 0.3) is 0 Å². The van der Waals surface area contributed by atoms with Crippen molar-refractivity contribution in [1.82, 2.24) is 0 Å². The third kappa shape index (κ3) is 1.52. The highest BCUT2D eigenvalue weighted by Gasteiger charge is 2.41. The summed E-state index contributed by atoms with van der Waals surface area (Å²) < 4.78 is 11.3. The van der Waals surface area contributed by atoms with E-state index < -0.39 is 7.37 Å². The Bertz CT molecular complexity index is 184. The maximum Gasteiger partial charge on any atom is 0.201 e. The highest BCUT2D eigenvalue weighted by atomic mass is 31.2. The van der Waals surface area contributed by atoms with E-state index >= 15 is 0 Å². The standard InChI is InChI=1S/C8H15O2P/c9-11(10)5-7-3-1-2-4-8(7)6-11/h7-8H,1-6H2,(H,9,10). The van der Waals surface area contributed by atoms with Crippen LogP contribution in [-0.4, -0.2) is 17.2 Å². The van der Waals surface area contributed by atoms with Gasteiger partial charge < -0.3 is 4.89 Å². The van der Waals surface area contributed by atoms with Crippen LogP contribution in [0.5, 0.6) is 0 Å². The maximum atomic E-state index is 11.3. The summed E-state index contributed by atoms with van der Waals surface area (Å²) in [6.07, 6.45) is 6.21. The monoisotopic (exact) mass is 174 g/mol. The topological polar surface area (TPSA) is 37.3 Å². The summed E-state index contributed by atoms with van der Waals surface area (Å²) >= 11 is 0. The van der Waals surface area contributed by atoms with Crippen LogP contribution >= 0.6 is 7.37 Å². The Morgan fingerprint density at radius 2 is 1.55 bits per heavy atom. The van der Waals surface area contributed by atoms with Crippen molar-refractivity contribution < 1.29 is 9.46 Å². The lowest BCUT2D eigenvalue weighted by Crippen LogP contribution is -2.16. The molecular weight excluding hydrogens is 159 g/mol. The first-order valence-corrected chi connectivity index (χ1v) is 6.51. The molecule has 1 aliphatic carbocycles. The van der Waals surface area contributed by atoms with E-state index in [0.717, 1.165) is 0 Å². The van der Waals surface area contributed by atoms with Gasteiger partial charge in [-0.1, -0.05) is 12.8 Å². The molecule has 0 bridgehead atoms. The molecule has 2 unspecified atom stereocenters. The second kappa shape index (κ2) is 2.60. The molecule has 11 heavy (non-hydrogen) atoms. The van der Waals surface area contributed by atoms with E-state index in [1.54, 1.807) is 0 Å². The zero-order valence-corrected chi connectivity index (χ0v) is 7.59. The molecule has 64 valence electrons. The minimum Gasteiger partial charge on any atom is -0.344 e. The smallest absolute Gasteiger partial charge is 0.201 e. The summed E-state index contributed by atoms with van der Waals surface area (Å²) in [6, 6.07) is 0. The molecule has 0 aromatic heterocycles. The van der Waals surface area contributed by atoms with Gasteiger partial charge in [0.1, 0.15) is 0 Å². The summed E-state index contributed by atoms with van der Waals surface area (Å²) in [4.78, 5) is 9.38. The van der Waals surface area contributed by atoms with Crippen molar-refractivity contribution in [3.8, 4) is 0 Å². The lowest BCUT2D eigenvalue weighted by Gasteiger charge is -2.23. The normalized spacial score (nSPS) is 50.6. The molecule has 1 heterocycles. The van der Waals surface area contributed by atoms with Gasteiger partial charge in [-0.05, 0) is 24.7 Å². The predicted molar refractivity (Wildman–Crippen MR) is 45.0 cm³/mol. The minimum atomic E-state index is -2.65. The molecule has 0 aromatic rings. The summed E-state index contributed by atoms with van der Waals surface area (Å²) in [5.74, 6) is 1.19.